The quantitative estimate of drug-likeness (QED) is 0.795. The number of Topliss-reactive ketones (excluding diaryl/α,β-unsaturated/α-hetero) is 1. The Hall–Kier alpha value is -1.73. The van der Waals surface area contributed by atoms with Crippen molar-refractivity contribution in [2.24, 2.45) is 11.1 Å². The zero-order valence-corrected chi connectivity index (χ0v) is 14.5. The van der Waals surface area contributed by atoms with Gasteiger partial charge in [0.2, 0.25) is 15.9 Å². The first-order chi connectivity index (χ1) is 11.3. The third kappa shape index (κ3) is 6.05. The van der Waals surface area contributed by atoms with E-state index in [9.17, 15) is 18.0 Å². The van der Waals surface area contributed by atoms with E-state index in [0.717, 1.165) is 18.4 Å². The topological polar surface area (TPSA) is 97.5 Å². The molecule has 1 atom stereocenters. The van der Waals surface area contributed by atoms with Crippen molar-refractivity contribution in [3.05, 3.63) is 35.9 Å². The fourth-order valence-corrected chi connectivity index (χ4v) is 3.54. The lowest BCUT2D eigenvalue weighted by atomic mass is 9.90. The Kier molecular flexibility index (Phi) is 6.51. The largest absolute Gasteiger partial charge is 0.342 e. The van der Waals surface area contributed by atoms with Gasteiger partial charge >= 0.3 is 0 Å². The first kappa shape index (κ1) is 18.6. The number of carbonyl (C=O) groups is 2. The summed E-state index contributed by atoms with van der Waals surface area (Å²) in [5, 5.41) is 4.94. The average molecular weight is 352 g/mol. The molecule has 1 aliphatic heterocycles. The Bertz CT molecular complexity index is 673. The maximum atomic E-state index is 12.4. The number of piperidine rings is 1. The number of primary sulfonamides is 1. The number of rotatable bonds is 7. The fourth-order valence-electron chi connectivity index (χ4n) is 2.99. The monoisotopic (exact) mass is 352 g/mol. The van der Waals surface area contributed by atoms with Crippen molar-refractivity contribution in [1.82, 2.24) is 4.90 Å². The molecule has 1 aromatic rings. The molecule has 24 heavy (non-hydrogen) atoms. The summed E-state index contributed by atoms with van der Waals surface area (Å²) in [6.07, 6.45) is 2.35. The van der Waals surface area contributed by atoms with Crippen LogP contribution in [-0.4, -0.2) is 43.9 Å². The second kappa shape index (κ2) is 8.39. The molecule has 6 nitrogen and oxygen atoms in total. The number of sulfonamides is 1. The molecule has 0 aromatic heterocycles. The van der Waals surface area contributed by atoms with Crippen molar-refractivity contribution >= 4 is 21.7 Å². The summed E-state index contributed by atoms with van der Waals surface area (Å²) < 4.78 is 21.8. The highest BCUT2D eigenvalue weighted by molar-refractivity contribution is 7.89. The average Bonchev–Trinajstić information content (AvgIpc) is 2.54. The zero-order chi connectivity index (χ0) is 17.6. The van der Waals surface area contributed by atoms with Gasteiger partial charge in [0.25, 0.3) is 0 Å². The normalized spacial score (nSPS) is 18.4. The second-order valence-corrected chi connectivity index (χ2v) is 8.01. The molecule has 0 spiro atoms. The van der Waals surface area contributed by atoms with Gasteiger partial charge in [-0.05, 0) is 24.8 Å². The van der Waals surface area contributed by atoms with Crippen LogP contribution >= 0.6 is 0 Å². The van der Waals surface area contributed by atoms with Crippen LogP contribution in [0.15, 0.2) is 30.3 Å². The first-order valence-corrected chi connectivity index (χ1v) is 9.91. The van der Waals surface area contributed by atoms with Gasteiger partial charge in [0.1, 0.15) is 5.78 Å². The summed E-state index contributed by atoms with van der Waals surface area (Å²) in [6, 6.07) is 9.58. The van der Waals surface area contributed by atoms with Crippen LogP contribution in [0, 0.1) is 5.92 Å². The summed E-state index contributed by atoms with van der Waals surface area (Å²) in [6.45, 7) is 1.06. The third-order valence-corrected chi connectivity index (χ3v) is 5.13. The van der Waals surface area contributed by atoms with E-state index in [1.807, 2.05) is 30.3 Å². The SMILES string of the molecule is NS(=O)(=O)CCCC(=O)N1CCC[C@@H](C(=O)Cc2ccccc2)C1. The van der Waals surface area contributed by atoms with E-state index in [2.05, 4.69) is 0 Å². The van der Waals surface area contributed by atoms with Gasteiger partial charge < -0.3 is 4.90 Å². The Labute approximate surface area is 143 Å². The molecule has 0 bridgehead atoms. The van der Waals surface area contributed by atoms with Crippen LogP contribution < -0.4 is 5.14 Å². The Morgan fingerprint density at radius 3 is 2.58 bits per heavy atom. The van der Waals surface area contributed by atoms with Gasteiger partial charge in [-0.2, -0.15) is 0 Å². The molecule has 0 unspecified atom stereocenters. The summed E-state index contributed by atoms with van der Waals surface area (Å²) in [7, 11) is -3.53. The minimum absolute atomic E-state index is 0.101. The highest BCUT2D eigenvalue weighted by atomic mass is 32.2. The predicted molar refractivity (Wildman–Crippen MR) is 91.7 cm³/mol. The van der Waals surface area contributed by atoms with Crippen LogP contribution in [0.1, 0.15) is 31.2 Å². The second-order valence-electron chi connectivity index (χ2n) is 6.28. The van der Waals surface area contributed by atoms with Gasteiger partial charge in [-0.15, -0.1) is 0 Å². The Morgan fingerprint density at radius 2 is 1.92 bits per heavy atom. The number of ketones is 1. The number of likely N-dealkylation sites (tertiary alicyclic amines) is 1. The summed E-state index contributed by atoms with van der Waals surface area (Å²) >= 11 is 0. The van der Waals surface area contributed by atoms with E-state index < -0.39 is 10.0 Å². The lowest BCUT2D eigenvalue weighted by Crippen LogP contribution is -2.42. The molecule has 1 fully saturated rings. The maximum Gasteiger partial charge on any atom is 0.222 e. The van der Waals surface area contributed by atoms with Gasteiger partial charge in [0.15, 0.2) is 0 Å². The number of carbonyl (C=O) groups excluding carboxylic acids is 2. The van der Waals surface area contributed by atoms with Crippen molar-refractivity contribution in [3.63, 3.8) is 0 Å². The molecule has 1 aliphatic rings. The molecular weight excluding hydrogens is 328 g/mol. The van der Waals surface area contributed by atoms with E-state index in [0.29, 0.717) is 19.5 Å². The molecule has 1 aromatic carbocycles. The summed E-state index contributed by atoms with van der Waals surface area (Å²) in [5.41, 5.74) is 0.985. The van der Waals surface area contributed by atoms with Crippen molar-refractivity contribution in [2.75, 3.05) is 18.8 Å². The summed E-state index contributed by atoms with van der Waals surface area (Å²) in [5.74, 6) is -0.275. The van der Waals surface area contributed by atoms with Gasteiger partial charge in [0, 0.05) is 31.8 Å². The van der Waals surface area contributed by atoms with Crippen LogP contribution in [0.3, 0.4) is 0 Å². The van der Waals surface area contributed by atoms with E-state index in [4.69, 9.17) is 5.14 Å². The minimum atomic E-state index is -3.53. The maximum absolute atomic E-state index is 12.4. The molecule has 2 rings (SSSR count). The van der Waals surface area contributed by atoms with Gasteiger partial charge in [0.05, 0.1) is 5.75 Å². The number of hydrogen-bond acceptors (Lipinski definition) is 4. The smallest absolute Gasteiger partial charge is 0.222 e. The number of benzene rings is 1. The molecule has 1 saturated heterocycles. The molecule has 0 radical (unpaired) electrons. The van der Waals surface area contributed by atoms with Crippen molar-refractivity contribution in [2.45, 2.75) is 32.1 Å². The van der Waals surface area contributed by atoms with Crippen molar-refractivity contribution in [1.29, 1.82) is 0 Å². The number of amides is 1. The number of nitrogens with zero attached hydrogens (tertiary/aromatic N) is 1. The van der Waals surface area contributed by atoms with E-state index in [1.54, 1.807) is 4.90 Å². The van der Waals surface area contributed by atoms with Crippen LogP contribution in [0.5, 0.6) is 0 Å². The molecule has 0 saturated carbocycles. The van der Waals surface area contributed by atoms with Crippen LogP contribution in [0.2, 0.25) is 0 Å². The molecule has 0 aliphatic carbocycles. The molecule has 132 valence electrons. The lowest BCUT2D eigenvalue weighted by Gasteiger charge is -2.32. The van der Waals surface area contributed by atoms with Gasteiger partial charge in [-0.3, -0.25) is 9.59 Å². The van der Waals surface area contributed by atoms with E-state index in [1.165, 1.54) is 0 Å². The Morgan fingerprint density at radius 1 is 1.21 bits per heavy atom. The highest BCUT2D eigenvalue weighted by Gasteiger charge is 2.28. The molecule has 1 heterocycles. The van der Waals surface area contributed by atoms with Gasteiger partial charge in [-0.1, -0.05) is 30.3 Å². The number of hydrogen-bond donors (Lipinski definition) is 1. The number of nitrogens with two attached hydrogens (primary N) is 1. The van der Waals surface area contributed by atoms with Gasteiger partial charge in [-0.25, -0.2) is 13.6 Å². The third-order valence-electron chi connectivity index (χ3n) is 4.27. The first-order valence-electron chi connectivity index (χ1n) is 8.20. The van der Waals surface area contributed by atoms with E-state index >= 15 is 0 Å². The van der Waals surface area contributed by atoms with Crippen LogP contribution in [0.25, 0.3) is 0 Å². The van der Waals surface area contributed by atoms with Crippen LogP contribution in [0.4, 0.5) is 0 Å². The lowest BCUT2D eigenvalue weighted by molar-refractivity contribution is -0.135. The fraction of sp³-hybridized carbons (Fsp3) is 0.529. The molecular formula is C17H24N2O4S. The standard InChI is InChI=1S/C17H24N2O4S/c18-24(22,23)11-5-9-17(21)19-10-4-8-15(13-19)16(20)12-14-6-2-1-3-7-14/h1-3,6-7,15H,4-5,8-13H2,(H2,18,22,23)/t15-/m1/s1. The Balaban J connectivity index is 1.84. The molecule has 1 amide bonds. The summed E-state index contributed by atoms with van der Waals surface area (Å²) in [4.78, 5) is 26.3. The predicted octanol–water partition coefficient (Wildman–Crippen LogP) is 1.11. The molecule has 2 N–H and O–H groups in total. The molecule has 7 heteroatoms. The highest BCUT2D eigenvalue weighted by Crippen LogP contribution is 2.20. The van der Waals surface area contributed by atoms with Crippen molar-refractivity contribution in [3.8, 4) is 0 Å². The minimum Gasteiger partial charge on any atom is -0.342 e. The van der Waals surface area contributed by atoms with Crippen LogP contribution in [-0.2, 0) is 26.0 Å². The van der Waals surface area contributed by atoms with E-state index in [-0.39, 0.29) is 36.2 Å². The zero-order valence-electron chi connectivity index (χ0n) is 13.7. The van der Waals surface area contributed by atoms with Crippen molar-refractivity contribution < 1.29 is 18.0 Å².